The first-order valence-corrected chi connectivity index (χ1v) is 9.55. The number of thioether (sulfide) groups is 1. The quantitative estimate of drug-likeness (QED) is 0.620. The van der Waals surface area contributed by atoms with Crippen molar-refractivity contribution in [3.8, 4) is 11.4 Å². The van der Waals surface area contributed by atoms with Crippen molar-refractivity contribution in [2.45, 2.75) is 19.6 Å². The van der Waals surface area contributed by atoms with Gasteiger partial charge in [-0.25, -0.2) is 0 Å². The minimum atomic E-state index is -0.154. The number of anilines is 1. The lowest BCUT2D eigenvalue weighted by atomic mass is 10.1. The second-order valence-electron chi connectivity index (χ2n) is 6.06. The number of ketones is 1. The summed E-state index contributed by atoms with van der Waals surface area (Å²) in [6, 6.07) is 14.7. The Kier molecular flexibility index (Phi) is 6.03. The van der Waals surface area contributed by atoms with Crippen LogP contribution in [-0.2, 0) is 10.5 Å². The average molecular weight is 381 g/mol. The van der Waals surface area contributed by atoms with Gasteiger partial charge in [-0.05, 0) is 26.0 Å². The first-order chi connectivity index (χ1) is 13.0. The predicted molar refractivity (Wildman–Crippen MR) is 106 cm³/mol. The highest BCUT2D eigenvalue weighted by molar-refractivity contribution is 7.99. The number of nitrogens with one attached hydrogen (secondary N) is 1. The second-order valence-corrected chi connectivity index (χ2v) is 7.04. The molecular formula is C20H19N3O3S. The molecule has 0 aliphatic rings. The van der Waals surface area contributed by atoms with Crippen LogP contribution in [0.25, 0.3) is 11.4 Å². The number of Topliss-reactive ketones (excluding diaryl/α,β-unsaturated/α-hetero) is 1. The molecule has 1 heterocycles. The van der Waals surface area contributed by atoms with Gasteiger partial charge in [0.15, 0.2) is 5.78 Å². The van der Waals surface area contributed by atoms with Crippen LogP contribution in [0.3, 0.4) is 0 Å². The number of benzene rings is 2. The van der Waals surface area contributed by atoms with Crippen LogP contribution in [-0.4, -0.2) is 27.6 Å². The normalized spacial score (nSPS) is 10.6. The van der Waals surface area contributed by atoms with Gasteiger partial charge in [0, 0.05) is 16.8 Å². The second kappa shape index (κ2) is 8.64. The molecule has 0 spiro atoms. The number of rotatable bonds is 7. The topological polar surface area (TPSA) is 85.1 Å². The van der Waals surface area contributed by atoms with Crippen LogP contribution in [0.5, 0.6) is 0 Å². The Bertz CT molecular complexity index is 951. The van der Waals surface area contributed by atoms with Crippen molar-refractivity contribution in [1.82, 2.24) is 10.1 Å². The minimum Gasteiger partial charge on any atom is -0.338 e. The molecule has 0 saturated heterocycles. The zero-order valence-corrected chi connectivity index (χ0v) is 15.9. The van der Waals surface area contributed by atoms with E-state index in [9.17, 15) is 9.59 Å². The fraction of sp³-hybridized carbons (Fsp3) is 0.200. The lowest BCUT2D eigenvalue weighted by Gasteiger charge is -2.05. The Morgan fingerprint density at radius 1 is 1.15 bits per heavy atom. The number of aryl methyl sites for hydroxylation is 1. The number of aromatic nitrogens is 2. The van der Waals surface area contributed by atoms with Gasteiger partial charge in [0.2, 0.25) is 17.6 Å². The first-order valence-electron chi connectivity index (χ1n) is 8.39. The highest BCUT2D eigenvalue weighted by Crippen LogP contribution is 2.19. The van der Waals surface area contributed by atoms with E-state index in [0.29, 0.717) is 28.7 Å². The Labute approximate surface area is 161 Å². The molecule has 1 aromatic heterocycles. The monoisotopic (exact) mass is 381 g/mol. The summed E-state index contributed by atoms with van der Waals surface area (Å²) in [5.74, 6) is 1.50. The molecule has 0 unspecified atom stereocenters. The molecule has 0 aliphatic carbocycles. The molecule has 6 nitrogen and oxygen atoms in total. The van der Waals surface area contributed by atoms with Crippen LogP contribution in [0.1, 0.15) is 28.7 Å². The van der Waals surface area contributed by atoms with E-state index in [1.807, 2.05) is 31.2 Å². The Morgan fingerprint density at radius 2 is 1.93 bits per heavy atom. The molecule has 7 heteroatoms. The van der Waals surface area contributed by atoms with Crippen molar-refractivity contribution in [2.75, 3.05) is 11.1 Å². The summed E-state index contributed by atoms with van der Waals surface area (Å²) in [6.07, 6.45) is 0. The number of carbonyl (C=O) groups excluding carboxylic acids is 2. The number of hydrogen-bond acceptors (Lipinski definition) is 6. The largest absolute Gasteiger partial charge is 0.338 e. The van der Waals surface area contributed by atoms with E-state index in [1.165, 1.54) is 18.7 Å². The fourth-order valence-corrected chi connectivity index (χ4v) is 3.03. The highest BCUT2D eigenvalue weighted by Gasteiger charge is 2.10. The van der Waals surface area contributed by atoms with Gasteiger partial charge in [-0.3, -0.25) is 9.59 Å². The van der Waals surface area contributed by atoms with E-state index in [2.05, 4.69) is 15.5 Å². The molecule has 0 bridgehead atoms. The maximum atomic E-state index is 12.1. The maximum Gasteiger partial charge on any atom is 0.236 e. The summed E-state index contributed by atoms with van der Waals surface area (Å²) in [4.78, 5) is 27.8. The Morgan fingerprint density at radius 3 is 2.67 bits per heavy atom. The summed E-state index contributed by atoms with van der Waals surface area (Å²) < 4.78 is 5.24. The lowest BCUT2D eigenvalue weighted by Crippen LogP contribution is -2.14. The first kappa shape index (κ1) is 18.8. The van der Waals surface area contributed by atoms with Crippen LogP contribution >= 0.6 is 11.8 Å². The molecule has 0 aliphatic heterocycles. The van der Waals surface area contributed by atoms with Gasteiger partial charge in [0.25, 0.3) is 0 Å². The van der Waals surface area contributed by atoms with Crippen molar-refractivity contribution >= 4 is 29.1 Å². The van der Waals surface area contributed by atoms with Gasteiger partial charge in [-0.2, -0.15) is 4.98 Å². The third kappa shape index (κ3) is 5.27. The molecule has 3 aromatic rings. The van der Waals surface area contributed by atoms with E-state index in [1.54, 1.807) is 24.3 Å². The van der Waals surface area contributed by atoms with Crippen molar-refractivity contribution in [3.63, 3.8) is 0 Å². The average Bonchev–Trinajstić information content (AvgIpc) is 3.11. The van der Waals surface area contributed by atoms with Crippen LogP contribution < -0.4 is 5.32 Å². The summed E-state index contributed by atoms with van der Waals surface area (Å²) in [5.41, 5.74) is 3.23. The molecule has 1 N–H and O–H groups in total. The third-order valence-corrected chi connectivity index (χ3v) is 4.71. The smallest absolute Gasteiger partial charge is 0.236 e. The molecule has 3 rings (SSSR count). The van der Waals surface area contributed by atoms with Crippen LogP contribution in [0.2, 0.25) is 0 Å². The lowest BCUT2D eigenvalue weighted by molar-refractivity contribution is -0.113. The molecule has 0 fully saturated rings. The SMILES string of the molecule is CC(=O)c1cccc(NC(=O)CSCc2nc(-c3ccc(C)cc3)no2)c1. The van der Waals surface area contributed by atoms with E-state index >= 15 is 0 Å². The van der Waals surface area contributed by atoms with Crippen LogP contribution in [0.15, 0.2) is 53.1 Å². The van der Waals surface area contributed by atoms with E-state index in [-0.39, 0.29) is 17.4 Å². The highest BCUT2D eigenvalue weighted by atomic mass is 32.2. The minimum absolute atomic E-state index is 0.0405. The van der Waals surface area contributed by atoms with E-state index < -0.39 is 0 Å². The maximum absolute atomic E-state index is 12.1. The van der Waals surface area contributed by atoms with Crippen LogP contribution in [0.4, 0.5) is 5.69 Å². The molecule has 0 saturated carbocycles. The third-order valence-electron chi connectivity index (χ3n) is 3.79. The Hall–Kier alpha value is -2.93. The Balaban J connectivity index is 1.50. The van der Waals surface area contributed by atoms with E-state index in [4.69, 9.17) is 4.52 Å². The van der Waals surface area contributed by atoms with Gasteiger partial charge in [0.05, 0.1) is 11.5 Å². The standard InChI is InChI=1S/C20H19N3O3S/c1-13-6-8-15(9-7-13)20-22-19(26-23-20)12-27-11-18(25)21-17-5-3-4-16(10-17)14(2)24/h3-10H,11-12H2,1-2H3,(H,21,25). The zero-order chi connectivity index (χ0) is 19.2. The molecule has 0 atom stereocenters. The number of nitrogens with zero attached hydrogens (tertiary/aromatic N) is 2. The van der Waals surface area contributed by atoms with Crippen LogP contribution in [0, 0.1) is 6.92 Å². The molecule has 2 aromatic carbocycles. The van der Waals surface area contributed by atoms with Gasteiger partial charge >= 0.3 is 0 Å². The van der Waals surface area contributed by atoms with Crippen molar-refractivity contribution in [3.05, 3.63) is 65.5 Å². The zero-order valence-electron chi connectivity index (χ0n) is 15.1. The van der Waals surface area contributed by atoms with Crippen molar-refractivity contribution in [1.29, 1.82) is 0 Å². The van der Waals surface area contributed by atoms with Gasteiger partial charge in [0.1, 0.15) is 0 Å². The van der Waals surface area contributed by atoms with E-state index in [0.717, 1.165) is 11.1 Å². The van der Waals surface area contributed by atoms with Crippen molar-refractivity contribution < 1.29 is 14.1 Å². The van der Waals surface area contributed by atoms with Gasteiger partial charge in [-0.1, -0.05) is 47.1 Å². The van der Waals surface area contributed by atoms with Gasteiger partial charge < -0.3 is 9.84 Å². The summed E-state index contributed by atoms with van der Waals surface area (Å²) >= 11 is 1.38. The number of amides is 1. The molecule has 27 heavy (non-hydrogen) atoms. The fourth-order valence-electron chi connectivity index (χ4n) is 2.38. The van der Waals surface area contributed by atoms with Gasteiger partial charge in [-0.15, -0.1) is 11.8 Å². The number of carbonyl (C=O) groups is 2. The number of hydrogen-bond donors (Lipinski definition) is 1. The molecular weight excluding hydrogens is 362 g/mol. The molecule has 1 amide bonds. The molecule has 0 radical (unpaired) electrons. The summed E-state index contributed by atoms with van der Waals surface area (Å²) in [6.45, 7) is 3.51. The summed E-state index contributed by atoms with van der Waals surface area (Å²) in [7, 11) is 0. The summed E-state index contributed by atoms with van der Waals surface area (Å²) in [5, 5.41) is 6.76. The van der Waals surface area contributed by atoms with Crippen molar-refractivity contribution in [2.24, 2.45) is 0 Å². The molecule has 138 valence electrons. The predicted octanol–water partition coefficient (Wildman–Crippen LogP) is 4.12.